The zero-order chi connectivity index (χ0) is 14.8. The standard InChI is InChI=1S/C14H19N3O3/c1-17(9-10-5-3-4-6-11(10)20-2)13(18)14(7-8-14)12(15)16-19/h3-6,19H,7-9H2,1-2H3,(H2,15,16). The summed E-state index contributed by atoms with van der Waals surface area (Å²) in [6.45, 7) is 0.420. The second-order valence-corrected chi connectivity index (χ2v) is 5.04. The van der Waals surface area contributed by atoms with Gasteiger partial charge in [0.25, 0.3) is 0 Å². The molecule has 1 fully saturated rings. The van der Waals surface area contributed by atoms with Crippen LogP contribution in [0, 0.1) is 5.41 Å². The van der Waals surface area contributed by atoms with Gasteiger partial charge < -0.3 is 20.6 Å². The van der Waals surface area contributed by atoms with E-state index in [2.05, 4.69) is 5.16 Å². The highest BCUT2D eigenvalue weighted by Crippen LogP contribution is 2.47. The Hall–Kier alpha value is -2.24. The number of hydrogen-bond donors (Lipinski definition) is 2. The molecule has 1 aliphatic carbocycles. The molecule has 0 bridgehead atoms. The van der Waals surface area contributed by atoms with Crippen LogP contribution < -0.4 is 10.5 Å². The average Bonchev–Trinajstić information content (AvgIpc) is 3.27. The molecule has 0 spiro atoms. The average molecular weight is 277 g/mol. The van der Waals surface area contributed by atoms with E-state index in [1.165, 1.54) is 0 Å². The summed E-state index contributed by atoms with van der Waals surface area (Å²) in [6.07, 6.45) is 1.25. The lowest BCUT2D eigenvalue weighted by Crippen LogP contribution is -2.41. The monoisotopic (exact) mass is 277 g/mol. The van der Waals surface area contributed by atoms with E-state index in [0.29, 0.717) is 19.4 Å². The van der Waals surface area contributed by atoms with Crippen molar-refractivity contribution in [3.05, 3.63) is 29.8 Å². The minimum atomic E-state index is -0.814. The Morgan fingerprint density at radius 2 is 2.15 bits per heavy atom. The van der Waals surface area contributed by atoms with Crippen molar-refractivity contribution in [1.29, 1.82) is 0 Å². The van der Waals surface area contributed by atoms with Crippen LogP contribution in [0.15, 0.2) is 29.4 Å². The van der Waals surface area contributed by atoms with E-state index in [-0.39, 0.29) is 11.7 Å². The quantitative estimate of drug-likeness (QED) is 0.366. The summed E-state index contributed by atoms with van der Waals surface area (Å²) in [5.74, 6) is 0.605. The molecule has 0 aromatic heterocycles. The fraction of sp³-hybridized carbons (Fsp3) is 0.429. The highest BCUT2D eigenvalue weighted by Gasteiger charge is 2.55. The minimum absolute atomic E-state index is 0.00521. The predicted octanol–water partition coefficient (Wildman–Crippen LogP) is 1.18. The van der Waals surface area contributed by atoms with Crippen molar-refractivity contribution in [2.24, 2.45) is 16.3 Å². The number of amidine groups is 1. The first-order valence-electron chi connectivity index (χ1n) is 6.40. The fourth-order valence-electron chi connectivity index (χ4n) is 2.33. The number of amides is 1. The van der Waals surface area contributed by atoms with Gasteiger partial charge >= 0.3 is 0 Å². The number of rotatable bonds is 5. The van der Waals surface area contributed by atoms with Crippen molar-refractivity contribution >= 4 is 11.7 Å². The smallest absolute Gasteiger partial charge is 0.236 e. The van der Waals surface area contributed by atoms with Crippen molar-refractivity contribution in [3.63, 3.8) is 0 Å². The van der Waals surface area contributed by atoms with Gasteiger partial charge in [-0.2, -0.15) is 0 Å². The van der Waals surface area contributed by atoms with Crippen LogP contribution in [0.4, 0.5) is 0 Å². The summed E-state index contributed by atoms with van der Waals surface area (Å²) < 4.78 is 5.27. The molecule has 1 saturated carbocycles. The van der Waals surface area contributed by atoms with Crippen LogP contribution in [-0.2, 0) is 11.3 Å². The molecule has 6 heteroatoms. The molecule has 1 amide bonds. The Morgan fingerprint density at radius 1 is 1.50 bits per heavy atom. The van der Waals surface area contributed by atoms with Crippen LogP contribution in [0.2, 0.25) is 0 Å². The molecule has 0 saturated heterocycles. The lowest BCUT2D eigenvalue weighted by Gasteiger charge is -2.23. The van der Waals surface area contributed by atoms with Crippen LogP contribution >= 0.6 is 0 Å². The maximum atomic E-state index is 12.4. The second kappa shape index (κ2) is 5.40. The zero-order valence-electron chi connectivity index (χ0n) is 11.7. The molecule has 3 N–H and O–H groups in total. The van der Waals surface area contributed by atoms with Gasteiger partial charge in [0.15, 0.2) is 5.84 Å². The summed E-state index contributed by atoms with van der Waals surface area (Å²) >= 11 is 0. The molecule has 108 valence electrons. The number of nitrogens with zero attached hydrogens (tertiary/aromatic N) is 2. The molecule has 6 nitrogen and oxygen atoms in total. The van der Waals surface area contributed by atoms with Gasteiger partial charge in [0.2, 0.25) is 5.91 Å². The van der Waals surface area contributed by atoms with E-state index < -0.39 is 5.41 Å². The first kappa shape index (κ1) is 14.2. The molecule has 1 aromatic rings. The van der Waals surface area contributed by atoms with Crippen molar-refractivity contribution in [1.82, 2.24) is 4.90 Å². The van der Waals surface area contributed by atoms with Gasteiger partial charge in [-0.1, -0.05) is 23.4 Å². The second-order valence-electron chi connectivity index (χ2n) is 5.04. The third-order valence-electron chi connectivity index (χ3n) is 3.70. The molecular formula is C14H19N3O3. The summed E-state index contributed by atoms with van der Waals surface area (Å²) in [5, 5.41) is 11.8. The molecule has 0 radical (unpaired) electrons. The maximum Gasteiger partial charge on any atom is 0.236 e. The Morgan fingerprint density at radius 3 is 2.70 bits per heavy atom. The molecule has 0 aliphatic heterocycles. The summed E-state index contributed by atoms with van der Waals surface area (Å²) in [5.41, 5.74) is 5.73. The first-order chi connectivity index (χ1) is 9.55. The number of oxime groups is 1. The van der Waals surface area contributed by atoms with Gasteiger partial charge in [0, 0.05) is 19.2 Å². The zero-order valence-corrected chi connectivity index (χ0v) is 11.7. The lowest BCUT2D eigenvalue weighted by atomic mass is 10.0. The Kier molecular flexibility index (Phi) is 3.83. The van der Waals surface area contributed by atoms with Gasteiger partial charge in [-0.15, -0.1) is 0 Å². The molecular weight excluding hydrogens is 258 g/mol. The van der Waals surface area contributed by atoms with E-state index in [9.17, 15) is 4.79 Å². The summed E-state index contributed by atoms with van der Waals surface area (Å²) in [6, 6.07) is 7.53. The number of ether oxygens (including phenoxy) is 1. The molecule has 0 heterocycles. The SMILES string of the molecule is COc1ccccc1CN(C)C(=O)C1(/C(N)=N/O)CC1. The van der Waals surface area contributed by atoms with Crippen molar-refractivity contribution in [3.8, 4) is 5.75 Å². The third kappa shape index (κ3) is 2.41. The van der Waals surface area contributed by atoms with E-state index in [1.54, 1.807) is 19.1 Å². The van der Waals surface area contributed by atoms with E-state index in [4.69, 9.17) is 15.7 Å². The predicted molar refractivity (Wildman–Crippen MR) is 74.5 cm³/mol. The Balaban J connectivity index is 2.13. The molecule has 1 aromatic carbocycles. The molecule has 0 unspecified atom stereocenters. The number of methoxy groups -OCH3 is 1. The van der Waals surface area contributed by atoms with Gasteiger partial charge in [0.05, 0.1) is 7.11 Å². The third-order valence-corrected chi connectivity index (χ3v) is 3.70. The topological polar surface area (TPSA) is 88.2 Å². The van der Waals surface area contributed by atoms with Gasteiger partial charge in [-0.25, -0.2) is 0 Å². The number of hydrogen-bond acceptors (Lipinski definition) is 4. The normalized spacial score (nSPS) is 16.6. The number of carbonyl (C=O) groups is 1. The summed E-state index contributed by atoms with van der Waals surface area (Å²) in [4.78, 5) is 14.0. The van der Waals surface area contributed by atoms with E-state index in [0.717, 1.165) is 11.3 Å². The van der Waals surface area contributed by atoms with Crippen LogP contribution in [-0.4, -0.2) is 36.0 Å². The van der Waals surface area contributed by atoms with Gasteiger partial charge in [-0.05, 0) is 18.9 Å². The highest BCUT2D eigenvalue weighted by molar-refractivity contribution is 6.09. The molecule has 1 aliphatic rings. The molecule has 0 atom stereocenters. The number of nitrogens with two attached hydrogens (primary N) is 1. The van der Waals surface area contributed by atoms with Crippen molar-refractivity contribution in [2.45, 2.75) is 19.4 Å². The number of benzene rings is 1. The minimum Gasteiger partial charge on any atom is -0.496 e. The lowest BCUT2D eigenvalue weighted by molar-refractivity contribution is -0.133. The van der Waals surface area contributed by atoms with Crippen LogP contribution in [0.5, 0.6) is 5.75 Å². The maximum absolute atomic E-state index is 12.4. The van der Waals surface area contributed by atoms with E-state index >= 15 is 0 Å². The van der Waals surface area contributed by atoms with Gasteiger partial charge in [-0.3, -0.25) is 4.79 Å². The van der Waals surface area contributed by atoms with Crippen molar-refractivity contribution < 1.29 is 14.7 Å². The van der Waals surface area contributed by atoms with Crippen LogP contribution in [0.25, 0.3) is 0 Å². The largest absolute Gasteiger partial charge is 0.496 e. The first-order valence-corrected chi connectivity index (χ1v) is 6.40. The van der Waals surface area contributed by atoms with Gasteiger partial charge in [0.1, 0.15) is 11.2 Å². The number of carbonyl (C=O) groups excluding carboxylic acids is 1. The fourth-order valence-corrected chi connectivity index (χ4v) is 2.33. The van der Waals surface area contributed by atoms with E-state index in [1.807, 2.05) is 24.3 Å². The highest BCUT2D eigenvalue weighted by atomic mass is 16.5. The Bertz CT molecular complexity index is 538. The number of para-hydroxylation sites is 1. The molecule has 20 heavy (non-hydrogen) atoms. The Labute approximate surface area is 117 Å². The van der Waals surface area contributed by atoms with Crippen molar-refractivity contribution in [2.75, 3.05) is 14.2 Å². The summed E-state index contributed by atoms with van der Waals surface area (Å²) in [7, 11) is 3.30. The van der Waals surface area contributed by atoms with Crippen LogP contribution in [0.1, 0.15) is 18.4 Å². The molecule has 2 rings (SSSR count). The van der Waals surface area contributed by atoms with Crippen LogP contribution in [0.3, 0.4) is 0 Å².